The SMILES string of the molecule is Cc1ccsc1C(=O)N1CCC1(C)C(=O)Nc1cc(C(C)(C)C)nn1C. The fourth-order valence-electron chi connectivity index (χ4n) is 3.04. The third kappa shape index (κ3) is 3.05. The number of carbonyl (C=O) groups excluding carboxylic acids is 2. The molecular formula is C19H26N4O2S. The number of aromatic nitrogens is 2. The highest BCUT2D eigenvalue weighted by Crippen LogP contribution is 2.35. The number of likely N-dealkylation sites (tertiary alicyclic amines) is 1. The van der Waals surface area contributed by atoms with Crippen LogP contribution in [0.3, 0.4) is 0 Å². The summed E-state index contributed by atoms with van der Waals surface area (Å²) in [4.78, 5) is 28.2. The van der Waals surface area contributed by atoms with E-state index in [0.717, 1.165) is 11.3 Å². The molecule has 26 heavy (non-hydrogen) atoms. The lowest BCUT2D eigenvalue weighted by Gasteiger charge is -2.48. The Morgan fingerprint density at radius 3 is 2.50 bits per heavy atom. The highest BCUT2D eigenvalue weighted by Gasteiger charge is 2.50. The lowest BCUT2D eigenvalue weighted by atomic mass is 9.85. The Kier molecular flexibility index (Phi) is 4.46. The number of rotatable bonds is 3. The molecule has 6 nitrogen and oxygen atoms in total. The van der Waals surface area contributed by atoms with Crippen LogP contribution >= 0.6 is 11.3 Å². The molecule has 7 heteroatoms. The first kappa shape index (κ1) is 18.6. The predicted molar refractivity (Wildman–Crippen MR) is 104 cm³/mol. The van der Waals surface area contributed by atoms with Gasteiger partial charge in [-0.2, -0.15) is 5.10 Å². The Balaban J connectivity index is 1.78. The van der Waals surface area contributed by atoms with E-state index in [4.69, 9.17) is 0 Å². The van der Waals surface area contributed by atoms with Gasteiger partial charge in [-0.3, -0.25) is 14.3 Å². The van der Waals surface area contributed by atoms with Crippen LogP contribution in [0.15, 0.2) is 17.5 Å². The molecule has 1 saturated heterocycles. The number of thiophene rings is 1. The van der Waals surface area contributed by atoms with E-state index >= 15 is 0 Å². The van der Waals surface area contributed by atoms with Gasteiger partial charge in [0.25, 0.3) is 11.8 Å². The van der Waals surface area contributed by atoms with Crippen molar-refractivity contribution in [1.29, 1.82) is 0 Å². The highest BCUT2D eigenvalue weighted by molar-refractivity contribution is 7.12. The van der Waals surface area contributed by atoms with Gasteiger partial charge in [0.15, 0.2) is 0 Å². The van der Waals surface area contributed by atoms with Crippen LogP contribution in [0, 0.1) is 6.92 Å². The molecule has 1 fully saturated rings. The van der Waals surface area contributed by atoms with Gasteiger partial charge in [0.2, 0.25) is 0 Å². The van der Waals surface area contributed by atoms with Crippen molar-refractivity contribution in [3.05, 3.63) is 33.6 Å². The smallest absolute Gasteiger partial charge is 0.265 e. The number of nitrogens with one attached hydrogen (secondary N) is 1. The molecule has 2 aromatic heterocycles. The molecule has 1 atom stereocenters. The molecule has 1 unspecified atom stereocenters. The molecule has 3 heterocycles. The quantitative estimate of drug-likeness (QED) is 0.896. The van der Waals surface area contributed by atoms with E-state index in [1.54, 1.807) is 9.58 Å². The van der Waals surface area contributed by atoms with Crippen LogP contribution < -0.4 is 5.32 Å². The molecule has 0 aromatic carbocycles. The van der Waals surface area contributed by atoms with Crippen LogP contribution in [0.25, 0.3) is 0 Å². The van der Waals surface area contributed by atoms with Crippen molar-refractivity contribution in [1.82, 2.24) is 14.7 Å². The van der Waals surface area contributed by atoms with E-state index in [2.05, 4.69) is 31.2 Å². The number of aryl methyl sites for hydroxylation is 2. The number of amides is 2. The van der Waals surface area contributed by atoms with Crippen LogP contribution in [-0.4, -0.2) is 38.6 Å². The molecule has 1 aliphatic heterocycles. The first-order valence-electron chi connectivity index (χ1n) is 8.76. The second-order valence-corrected chi connectivity index (χ2v) is 9.07. The van der Waals surface area contributed by atoms with Crippen LogP contribution in [0.5, 0.6) is 0 Å². The Morgan fingerprint density at radius 2 is 2.04 bits per heavy atom. The summed E-state index contributed by atoms with van der Waals surface area (Å²) in [5, 5.41) is 9.36. The topological polar surface area (TPSA) is 67.2 Å². The molecule has 0 radical (unpaired) electrons. The summed E-state index contributed by atoms with van der Waals surface area (Å²) in [7, 11) is 1.81. The number of nitrogens with zero attached hydrogens (tertiary/aromatic N) is 3. The fraction of sp³-hybridized carbons (Fsp3) is 0.526. The van der Waals surface area contributed by atoms with Crippen LogP contribution in [0.2, 0.25) is 0 Å². The van der Waals surface area contributed by atoms with E-state index in [-0.39, 0.29) is 17.2 Å². The molecule has 0 aliphatic carbocycles. The molecule has 0 spiro atoms. The first-order chi connectivity index (χ1) is 12.0. The lowest BCUT2D eigenvalue weighted by molar-refractivity contribution is -0.132. The van der Waals surface area contributed by atoms with Crippen molar-refractivity contribution in [2.45, 2.75) is 52.0 Å². The van der Waals surface area contributed by atoms with Crippen molar-refractivity contribution in [3.63, 3.8) is 0 Å². The van der Waals surface area contributed by atoms with E-state index in [1.807, 2.05) is 38.4 Å². The largest absolute Gasteiger partial charge is 0.323 e. The molecule has 2 aromatic rings. The lowest BCUT2D eigenvalue weighted by Crippen LogP contribution is -2.66. The van der Waals surface area contributed by atoms with Gasteiger partial charge in [-0.1, -0.05) is 20.8 Å². The van der Waals surface area contributed by atoms with Gasteiger partial charge < -0.3 is 10.2 Å². The second-order valence-electron chi connectivity index (χ2n) is 8.16. The minimum atomic E-state index is -0.834. The number of anilines is 1. The standard InChI is InChI=1S/C19H26N4O2S/c1-12-7-10-26-15(12)16(24)23-9-8-19(23,5)17(25)20-14-11-13(18(2,3)4)21-22(14)6/h7,10-11H,8-9H2,1-6H3,(H,20,25). The third-order valence-corrected chi connectivity index (χ3v) is 6.10. The van der Waals surface area contributed by atoms with Crippen LogP contribution in [-0.2, 0) is 17.3 Å². The summed E-state index contributed by atoms with van der Waals surface area (Å²) in [6.45, 7) is 10.6. The second kappa shape index (κ2) is 6.23. The van der Waals surface area contributed by atoms with Gasteiger partial charge in [0, 0.05) is 25.1 Å². The average molecular weight is 375 g/mol. The Bertz CT molecular complexity index is 861. The van der Waals surface area contributed by atoms with E-state index in [1.165, 1.54) is 11.3 Å². The maximum Gasteiger partial charge on any atom is 0.265 e. The number of hydrogen-bond acceptors (Lipinski definition) is 4. The van der Waals surface area contributed by atoms with Gasteiger partial charge in [-0.25, -0.2) is 0 Å². The molecule has 140 valence electrons. The summed E-state index contributed by atoms with van der Waals surface area (Å²) >= 11 is 1.42. The van der Waals surface area contributed by atoms with Crippen molar-refractivity contribution in [2.24, 2.45) is 7.05 Å². The molecule has 0 saturated carbocycles. The summed E-state index contributed by atoms with van der Waals surface area (Å²) in [5.74, 6) is 0.407. The number of hydrogen-bond donors (Lipinski definition) is 1. The molecule has 1 aliphatic rings. The predicted octanol–water partition coefficient (Wildman–Crippen LogP) is 3.33. The molecule has 1 N–H and O–H groups in total. The number of carbonyl (C=O) groups is 2. The zero-order chi connectivity index (χ0) is 19.3. The summed E-state index contributed by atoms with van der Waals surface area (Å²) in [6.07, 6.45) is 0.652. The summed E-state index contributed by atoms with van der Waals surface area (Å²) in [5.41, 5.74) is 0.937. The van der Waals surface area contributed by atoms with Crippen molar-refractivity contribution >= 4 is 29.0 Å². The van der Waals surface area contributed by atoms with Crippen molar-refractivity contribution in [3.8, 4) is 0 Å². The Morgan fingerprint density at radius 1 is 1.35 bits per heavy atom. The fourth-order valence-corrected chi connectivity index (χ4v) is 3.91. The maximum atomic E-state index is 13.0. The van der Waals surface area contributed by atoms with Gasteiger partial charge in [-0.05, 0) is 37.3 Å². The Labute approximate surface area is 158 Å². The normalized spacial score (nSPS) is 20.0. The third-order valence-electron chi connectivity index (χ3n) is 5.10. The van der Waals surface area contributed by atoms with Gasteiger partial charge in [-0.15, -0.1) is 11.3 Å². The maximum absolute atomic E-state index is 13.0. The highest BCUT2D eigenvalue weighted by atomic mass is 32.1. The Hall–Kier alpha value is -2.15. The zero-order valence-electron chi connectivity index (χ0n) is 16.2. The zero-order valence-corrected chi connectivity index (χ0v) is 17.0. The van der Waals surface area contributed by atoms with Crippen LogP contribution in [0.1, 0.15) is 55.0 Å². The minimum Gasteiger partial charge on any atom is -0.323 e. The van der Waals surface area contributed by atoms with Crippen molar-refractivity contribution < 1.29 is 9.59 Å². The monoisotopic (exact) mass is 374 g/mol. The summed E-state index contributed by atoms with van der Waals surface area (Å²) < 4.78 is 1.68. The van der Waals surface area contributed by atoms with Gasteiger partial charge in [0.1, 0.15) is 11.4 Å². The van der Waals surface area contributed by atoms with Crippen LogP contribution in [0.4, 0.5) is 5.82 Å². The average Bonchev–Trinajstić information content (AvgIpc) is 3.11. The van der Waals surface area contributed by atoms with Gasteiger partial charge in [0.05, 0.1) is 10.6 Å². The molecule has 3 rings (SSSR count). The van der Waals surface area contributed by atoms with E-state index in [9.17, 15) is 9.59 Å². The molecule has 0 bridgehead atoms. The van der Waals surface area contributed by atoms with Crippen molar-refractivity contribution in [2.75, 3.05) is 11.9 Å². The van der Waals surface area contributed by atoms with E-state index in [0.29, 0.717) is 23.7 Å². The molecule has 2 amide bonds. The van der Waals surface area contributed by atoms with Gasteiger partial charge >= 0.3 is 0 Å². The molecular weight excluding hydrogens is 348 g/mol. The first-order valence-corrected chi connectivity index (χ1v) is 9.64. The summed E-state index contributed by atoms with van der Waals surface area (Å²) in [6, 6.07) is 3.83. The minimum absolute atomic E-state index is 0.0678. The van der Waals surface area contributed by atoms with E-state index < -0.39 is 5.54 Å².